The van der Waals surface area contributed by atoms with Gasteiger partial charge in [-0.2, -0.15) is 10.1 Å². The van der Waals surface area contributed by atoms with Gasteiger partial charge in [0.05, 0.1) is 30.4 Å². The molecule has 0 radical (unpaired) electrons. The van der Waals surface area contributed by atoms with Gasteiger partial charge in [-0.1, -0.05) is 12.8 Å². The fourth-order valence-corrected chi connectivity index (χ4v) is 6.59. The number of pyridine rings is 1. The largest absolute Gasteiger partial charge is 0.496 e. The summed E-state index contributed by atoms with van der Waals surface area (Å²) in [6, 6.07) is 0.0365. The number of methoxy groups -OCH3 is 1. The van der Waals surface area contributed by atoms with Gasteiger partial charge in [0, 0.05) is 35.0 Å². The predicted octanol–water partition coefficient (Wildman–Crippen LogP) is 3.01. The summed E-state index contributed by atoms with van der Waals surface area (Å²) in [4.78, 5) is 13.8. The van der Waals surface area contributed by atoms with E-state index in [0.29, 0.717) is 17.7 Å². The highest BCUT2D eigenvalue weighted by atomic mass is 32.2. The van der Waals surface area contributed by atoms with Gasteiger partial charge < -0.3 is 16.2 Å². The maximum Gasteiger partial charge on any atom is 0.223 e. The molecule has 3 aromatic heterocycles. The molecule has 0 aromatic carbocycles. The molecular formula is C22H29N7OS. The molecule has 0 bridgehead atoms. The summed E-state index contributed by atoms with van der Waals surface area (Å²) in [5, 5.41) is 7.18. The Kier molecular flexibility index (Phi) is 5.26. The first-order valence-corrected chi connectivity index (χ1v) is 11.8. The van der Waals surface area contributed by atoms with Gasteiger partial charge in [0.2, 0.25) is 5.95 Å². The molecule has 1 saturated carbocycles. The van der Waals surface area contributed by atoms with Crippen LogP contribution in [0, 0.1) is 19.8 Å². The van der Waals surface area contributed by atoms with Gasteiger partial charge in [-0.25, -0.2) is 9.67 Å². The van der Waals surface area contributed by atoms with Crippen LogP contribution in [0.3, 0.4) is 0 Å². The third-order valence-corrected chi connectivity index (χ3v) is 8.19. The monoisotopic (exact) mass is 439 g/mol. The summed E-state index contributed by atoms with van der Waals surface area (Å²) in [6.07, 6.45) is 7.63. The van der Waals surface area contributed by atoms with E-state index in [1.54, 1.807) is 18.9 Å². The second-order valence-corrected chi connectivity index (χ2v) is 9.90. The van der Waals surface area contributed by atoms with Crippen LogP contribution in [0.2, 0.25) is 0 Å². The molecule has 4 heterocycles. The molecule has 2 unspecified atom stereocenters. The summed E-state index contributed by atoms with van der Waals surface area (Å²) in [5.41, 5.74) is 17.5. The molecule has 1 aliphatic heterocycles. The molecule has 0 saturated heterocycles. The highest BCUT2D eigenvalue weighted by Crippen LogP contribution is 2.43. The zero-order valence-electron chi connectivity index (χ0n) is 18.3. The van der Waals surface area contributed by atoms with Gasteiger partial charge in [-0.15, -0.1) is 11.8 Å². The predicted molar refractivity (Wildman–Crippen MR) is 122 cm³/mol. The summed E-state index contributed by atoms with van der Waals surface area (Å²) >= 11 is 1.78. The molecule has 164 valence electrons. The minimum Gasteiger partial charge on any atom is -0.496 e. The van der Waals surface area contributed by atoms with Crippen molar-refractivity contribution < 1.29 is 4.74 Å². The number of rotatable bonds is 4. The van der Waals surface area contributed by atoms with Crippen LogP contribution in [-0.4, -0.2) is 43.1 Å². The van der Waals surface area contributed by atoms with E-state index in [1.807, 2.05) is 24.7 Å². The zero-order valence-corrected chi connectivity index (χ0v) is 19.1. The van der Waals surface area contributed by atoms with E-state index in [0.717, 1.165) is 50.7 Å². The van der Waals surface area contributed by atoms with Gasteiger partial charge in [0.25, 0.3) is 0 Å². The van der Waals surface area contributed by atoms with Gasteiger partial charge in [0.1, 0.15) is 10.8 Å². The molecule has 4 N–H and O–H groups in total. The van der Waals surface area contributed by atoms with Gasteiger partial charge in [-0.3, -0.25) is 4.98 Å². The zero-order chi connectivity index (χ0) is 21.7. The molecule has 1 fully saturated rings. The first kappa shape index (κ1) is 20.5. The summed E-state index contributed by atoms with van der Waals surface area (Å²) in [6.45, 7) is 4.51. The van der Waals surface area contributed by atoms with E-state index in [1.165, 1.54) is 25.7 Å². The van der Waals surface area contributed by atoms with Crippen molar-refractivity contribution in [3.05, 3.63) is 28.7 Å². The Bertz CT molecular complexity index is 1140. The van der Waals surface area contributed by atoms with Crippen LogP contribution in [0.15, 0.2) is 11.2 Å². The SMILES string of the molecule is COc1c(C)cnc(Cn2nc3c4c(nc(N)nc42)SC(C2CCCC2)C(N)C3)c1C. The highest BCUT2D eigenvalue weighted by Gasteiger charge is 2.36. The fourth-order valence-electron chi connectivity index (χ4n) is 5.13. The van der Waals surface area contributed by atoms with Crippen molar-refractivity contribution in [2.24, 2.45) is 11.7 Å². The lowest BCUT2D eigenvalue weighted by atomic mass is 9.95. The Hall–Kier alpha value is -2.39. The molecule has 9 heteroatoms. The Morgan fingerprint density at radius 2 is 2.00 bits per heavy atom. The van der Waals surface area contributed by atoms with Crippen molar-refractivity contribution in [3.8, 4) is 5.75 Å². The number of hydrogen-bond donors (Lipinski definition) is 2. The minimum atomic E-state index is 0.0365. The van der Waals surface area contributed by atoms with Crippen molar-refractivity contribution in [3.63, 3.8) is 0 Å². The maximum absolute atomic E-state index is 6.71. The lowest BCUT2D eigenvalue weighted by molar-refractivity contribution is 0.406. The van der Waals surface area contributed by atoms with Crippen LogP contribution in [-0.2, 0) is 13.0 Å². The van der Waals surface area contributed by atoms with E-state index >= 15 is 0 Å². The number of anilines is 1. The Balaban J connectivity index is 1.57. The highest BCUT2D eigenvalue weighted by molar-refractivity contribution is 8.00. The average Bonchev–Trinajstić information content (AvgIpc) is 3.34. The van der Waals surface area contributed by atoms with Gasteiger partial charge in [-0.05, 0) is 32.6 Å². The minimum absolute atomic E-state index is 0.0365. The second kappa shape index (κ2) is 7.94. The van der Waals surface area contributed by atoms with E-state index in [-0.39, 0.29) is 12.0 Å². The first-order chi connectivity index (χ1) is 15.0. The van der Waals surface area contributed by atoms with Crippen LogP contribution in [0.1, 0.15) is 48.2 Å². The van der Waals surface area contributed by atoms with Crippen molar-refractivity contribution >= 4 is 28.7 Å². The standard InChI is InChI=1S/C22H29N7OS/c1-11-9-25-16(12(2)18(11)30-3)10-29-20-17-15(28-29)8-14(23)19(13-6-4-5-7-13)31-21(17)27-22(24)26-20/h9,13-14,19H,4-8,10,23H2,1-3H3,(H2,24,26,27). The third kappa shape index (κ3) is 3.53. The number of nitrogen functional groups attached to an aromatic ring is 1. The number of aryl methyl sites for hydroxylation is 1. The number of aromatic nitrogens is 5. The molecule has 1 aliphatic carbocycles. The fraction of sp³-hybridized carbons (Fsp3) is 0.545. The van der Waals surface area contributed by atoms with Crippen molar-refractivity contribution in [1.82, 2.24) is 24.7 Å². The molecule has 5 rings (SSSR count). The lowest BCUT2D eigenvalue weighted by Crippen LogP contribution is -2.38. The second-order valence-electron chi connectivity index (χ2n) is 8.73. The molecule has 3 aromatic rings. The Morgan fingerprint density at radius 3 is 2.74 bits per heavy atom. The summed E-state index contributed by atoms with van der Waals surface area (Å²) in [5.74, 6) is 1.76. The number of nitrogens with zero attached hydrogens (tertiary/aromatic N) is 5. The number of thioether (sulfide) groups is 1. The normalized spacial score (nSPS) is 21.5. The van der Waals surface area contributed by atoms with Crippen molar-refractivity contribution in [1.29, 1.82) is 0 Å². The van der Waals surface area contributed by atoms with Crippen LogP contribution >= 0.6 is 11.8 Å². The lowest BCUT2D eigenvalue weighted by Gasteiger charge is -2.26. The average molecular weight is 440 g/mol. The molecule has 2 atom stereocenters. The number of nitrogens with two attached hydrogens (primary N) is 2. The molecular weight excluding hydrogens is 410 g/mol. The Morgan fingerprint density at radius 1 is 1.23 bits per heavy atom. The smallest absolute Gasteiger partial charge is 0.223 e. The quantitative estimate of drug-likeness (QED) is 0.596. The van der Waals surface area contributed by atoms with Crippen LogP contribution in [0.25, 0.3) is 11.0 Å². The summed E-state index contributed by atoms with van der Waals surface area (Å²) in [7, 11) is 1.69. The van der Waals surface area contributed by atoms with E-state index < -0.39 is 0 Å². The third-order valence-electron chi connectivity index (χ3n) is 6.66. The molecule has 2 aliphatic rings. The van der Waals surface area contributed by atoms with Gasteiger partial charge >= 0.3 is 0 Å². The molecule has 31 heavy (non-hydrogen) atoms. The maximum atomic E-state index is 6.71. The van der Waals surface area contributed by atoms with E-state index in [9.17, 15) is 0 Å². The Labute approximate surface area is 186 Å². The van der Waals surface area contributed by atoms with Crippen molar-refractivity contribution in [2.75, 3.05) is 12.8 Å². The number of hydrogen-bond acceptors (Lipinski definition) is 8. The van der Waals surface area contributed by atoms with Gasteiger partial charge in [0.15, 0.2) is 5.65 Å². The molecule has 8 nitrogen and oxygen atoms in total. The van der Waals surface area contributed by atoms with Crippen LogP contribution in [0.4, 0.5) is 5.95 Å². The molecule has 0 spiro atoms. The van der Waals surface area contributed by atoms with Crippen LogP contribution in [0.5, 0.6) is 5.75 Å². The number of ether oxygens (including phenoxy) is 1. The first-order valence-electron chi connectivity index (χ1n) is 10.9. The van der Waals surface area contributed by atoms with Crippen molar-refractivity contribution in [2.45, 2.75) is 68.8 Å². The summed E-state index contributed by atoms with van der Waals surface area (Å²) < 4.78 is 7.46. The van der Waals surface area contributed by atoms with E-state index in [2.05, 4.69) is 15.0 Å². The van der Waals surface area contributed by atoms with E-state index in [4.69, 9.17) is 21.3 Å². The molecule has 0 amide bonds. The van der Waals surface area contributed by atoms with Crippen LogP contribution < -0.4 is 16.2 Å². The topological polar surface area (TPSA) is 118 Å².